The van der Waals surface area contributed by atoms with Gasteiger partial charge in [-0.3, -0.25) is 4.79 Å². The highest BCUT2D eigenvalue weighted by Gasteiger charge is 2.12. The fourth-order valence-corrected chi connectivity index (χ4v) is 1.94. The van der Waals surface area contributed by atoms with Crippen LogP contribution >= 0.6 is 23.2 Å². The summed E-state index contributed by atoms with van der Waals surface area (Å²) < 4.78 is 12.8. The molecule has 17 heavy (non-hydrogen) atoms. The summed E-state index contributed by atoms with van der Waals surface area (Å²) >= 11 is 11.7. The maximum atomic E-state index is 12.8. The fraction of sp³-hybridized carbons (Fsp3) is 0.417. The maximum Gasteiger partial charge on any atom is 0.252 e. The Morgan fingerprint density at radius 2 is 2.24 bits per heavy atom. The zero-order chi connectivity index (χ0) is 12.8. The summed E-state index contributed by atoms with van der Waals surface area (Å²) in [5.74, 6) is -0.801. The predicted molar refractivity (Wildman–Crippen MR) is 68.3 cm³/mol. The van der Waals surface area contributed by atoms with Gasteiger partial charge in [-0.15, -0.1) is 11.6 Å². The Hall–Kier alpha value is -0.800. The molecule has 0 saturated heterocycles. The highest BCUT2D eigenvalue weighted by atomic mass is 35.5. The molecule has 0 aliphatic heterocycles. The second-order valence-electron chi connectivity index (χ2n) is 3.72. The van der Waals surface area contributed by atoms with E-state index in [9.17, 15) is 9.18 Å². The van der Waals surface area contributed by atoms with Crippen molar-refractivity contribution in [2.75, 3.05) is 6.54 Å². The minimum Gasteiger partial charge on any atom is -0.351 e. The average Bonchev–Trinajstić information content (AvgIpc) is 2.26. The van der Waals surface area contributed by atoms with Crippen LogP contribution in [0.4, 0.5) is 4.39 Å². The molecule has 0 spiro atoms. The Morgan fingerprint density at radius 3 is 2.82 bits per heavy atom. The lowest BCUT2D eigenvalue weighted by Crippen LogP contribution is -2.29. The van der Waals surface area contributed by atoms with Crippen LogP contribution < -0.4 is 5.32 Å². The van der Waals surface area contributed by atoms with Gasteiger partial charge in [-0.25, -0.2) is 4.39 Å². The molecule has 94 valence electrons. The Kier molecular flexibility index (Phi) is 5.72. The molecule has 0 heterocycles. The first kappa shape index (κ1) is 14.3. The molecule has 0 aliphatic carbocycles. The van der Waals surface area contributed by atoms with Crippen molar-refractivity contribution in [1.82, 2.24) is 5.32 Å². The largest absolute Gasteiger partial charge is 0.351 e. The highest BCUT2D eigenvalue weighted by Crippen LogP contribution is 2.17. The van der Waals surface area contributed by atoms with E-state index in [2.05, 4.69) is 5.32 Å². The third-order valence-electron chi connectivity index (χ3n) is 2.26. The van der Waals surface area contributed by atoms with E-state index in [0.717, 1.165) is 18.9 Å². The van der Waals surface area contributed by atoms with E-state index in [0.29, 0.717) is 6.54 Å². The van der Waals surface area contributed by atoms with Crippen LogP contribution in [0.3, 0.4) is 0 Å². The molecular formula is C12H14Cl2FNO. The van der Waals surface area contributed by atoms with E-state index < -0.39 is 5.82 Å². The molecule has 5 heteroatoms. The summed E-state index contributed by atoms with van der Waals surface area (Å²) in [6.07, 6.45) is 1.79. The van der Waals surface area contributed by atoms with Crippen molar-refractivity contribution in [1.29, 1.82) is 0 Å². The molecule has 1 aromatic rings. The fourth-order valence-electron chi connectivity index (χ4n) is 1.39. The molecule has 1 amide bonds. The number of benzene rings is 1. The van der Waals surface area contributed by atoms with E-state index >= 15 is 0 Å². The van der Waals surface area contributed by atoms with Gasteiger partial charge in [0.25, 0.3) is 5.91 Å². The van der Waals surface area contributed by atoms with Crippen molar-refractivity contribution in [2.24, 2.45) is 0 Å². The molecular weight excluding hydrogens is 264 g/mol. The number of amides is 1. The van der Waals surface area contributed by atoms with Gasteiger partial charge in [0, 0.05) is 6.54 Å². The van der Waals surface area contributed by atoms with Gasteiger partial charge < -0.3 is 5.32 Å². The second-order valence-corrected chi connectivity index (χ2v) is 4.74. The Labute approximate surface area is 110 Å². The van der Waals surface area contributed by atoms with Gasteiger partial charge in [-0.2, -0.15) is 0 Å². The Bertz CT molecular complexity index is 398. The first-order chi connectivity index (χ1) is 8.04. The Balaban J connectivity index is 2.58. The molecule has 0 aliphatic rings. The highest BCUT2D eigenvalue weighted by molar-refractivity contribution is 6.33. The van der Waals surface area contributed by atoms with Crippen LogP contribution in [0, 0.1) is 5.82 Å². The lowest BCUT2D eigenvalue weighted by Gasteiger charge is -2.10. The van der Waals surface area contributed by atoms with E-state index in [1.807, 2.05) is 6.92 Å². The lowest BCUT2D eigenvalue weighted by molar-refractivity contribution is 0.0953. The summed E-state index contributed by atoms with van der Waals surface area (Å²) in [5, 5.41) is 2.67. The first-order valence-corrected chi connectivity index (χ1v) is 6.23. The first-order valence-electron chi connectivity index (χ1n) is 5.42. The van der Waals surface area contributed by atoms with E-state index in [-0.39, 0.29) is 21.9 Å². The van der Waals surface area contributed by atoms with Crippen LogP contribution in [-0.2, 0) is 0 Å². The third kappa shape index (κ3) is 4.52. The van der Waals surface area contributed by atoms with Crippen LogP contribution in [0.15, 0.2) is 18.2 Å². The van der Waals surface area contributed by atoms with Gasteiger partial charge in [0.15, 0.2) is 0 Å². The quantitative estimate of drug-likeness (QED) is 0.819. The normalized spacial score (nSPS) is 12.2. The third-order valence-corrected chi connectivity index (χ3v) is 2.95. The van der Waals surface area contributed by atoms with Gasteiger partial charge in [0.2, 0.25) is 0 Å². The molecule has 1 atom stereocenters. The van der Waals surface area contributed by atoms with Crippen molar-refractivity contribution < 1.29 is 9.18 Å². The number of hydrogen-bond acceptors (Lipinski definition) is 1. The molecule has 1 rings (SSSR count). The van der Waals surface area contributed by atoms with Gasteiger partial charge in [-0.1, -0.05) is 24.9 Å². The average molecular weight is 278 g/mol. The molecule has 0 bridgehead atoms. The molecule has 2 nitrogen and oxygen atoms in total. The van der Waals surface area contributed by atoms with Crippen molar-refractivity contribution >= 4 is 29.1 Å². The van der Waals surface area contributed by atoms with Gasteiger partial charge >= 0.3 is 0 Å². The van der Waals surface area contributed by atoms with Crippen molar-refractivity contribution in [2.45, 2.75) is 25.1 Å². The molecule has 0 fully saturated rings. The van der Waals surface area contributed by atoms with Crippen LogP contribution in [0.2, 0.25) is 5.02 Å². The number of carbonyl (C=O) groups is 1. The van der Waals surface area contributed by atoms with Crippen molar-refractivity contribution in [3.05, 3.63) is 34.6 Å². The van der Waals surface area contributed by atoms with Gasteiger partial charge in [0.05, 0.1) is 16.0 Å². The summed E-state index contributed by atoms with van der Waals surface area (Å²) in [7, 11) is 0. The maximum absolute atomic E-state index is 12.8. The number of halogens is 3. The van der Waals surface area contributed by atoms with Gasteiger partial charge in [0.1, 0.15) is 5.82 Å². The zero-order valence-corrected chi connectivity index (χ0v) is 11.0. The molecule has 1 unspecified atom stereocenters. The topological polar surface area (TPSA) is 29.1 Å². The molecule has 0 aromatic heterocycles. The smallest absolute Gasteiger partial charge is 0.252 e. The minimum atomic E-state index is -0.465. The monoisotopic (exact) mass is 277 g/mol. The molecule has 0 saturated carbocycles. The van der Waals surface area contributed by atoms with Crippen molar-refractivity contribution in [3.63, 3.8) is 0 Å². The number of alkyl halides is 1. The molecule has 1 N–H and O–H groups in total. The van der Waals surface area contributed by atoms with E-state index in [1.54, 1.807) is 0 Å². The van der Waals surface area contributed by atoms with Crippen LogP contribution in [0.25, 0.3) is 0 Å². The standard InChI is InChI=1S/C12H14Cl2FNO/c1-2-3-8(13)7-16-12(17)10-5-4-9(15)6-11(10)14/h4-6,8H,2-3,7H2,1H3,(H,16,17). The number of nitrogens with one attached hydrogen (secondary N) is 1. The van der Waals surface area contributed by atoms with Gasteiger partial charge in [-0.05, 0) is 24.6 Å². The summed E-state index contributed by atoms with van der Waals surface area (Å²) in [6, 6.07) is 3.67. The number of carbonyl (C=O) groups excluding carboxylic acids is 1. The zero-order valence-electron chi connectivity index (χ0n) is 9.47. The Morgan fingerprint density at radius 1 is 1.53 bits per heavy atom. The summed E-state index contributed by atoms with van der Waals surface area (Å²) in [4.78, 5) is 11.7. The molecule has 1 aromatic carbocycles. The molecule has 0 radical (unpaired) electrons. The summed E-state index contributed by atoms with van der Waals surface area (Å²) in [6.45, 7) is 2.40. The lowest BCUT2D eigenvalue weighted by atomic mass is 10.2. The SMILES string of the molecule is CCCC(Cl)CNC(=O)c1ccc(F)cc1Cl. The number of hydrogen-bond donors (Lipinski definition) is 1. The van der Waals surface area contributed by atoms with E-state index in [4.69, 9.17) is 23.2 Å². The van der Waals surface area contributed by atoms with Crippen LogP contribution in [-0.4, -0.2) is 17.8 Å². The summed E-state index contributed by atoms with van der Waals surface area (Å²) in [5.41, 5.74) is 0.258. The minimum absolute atomic E-state index is 0.0943. The number of rotatable bonds is 5. The predicted octanol–water partition coefficient (Wildman–Crippen LogP) is 3.62. The van der Waals surface area contributed by atoms with Crippen molar-refractivity contribution in [3.8, 4) is 0 Å². The second kappa shape index (κ2) is 6.82. The van der Waals surface area contributed by atoms with Crippen LogP contribution in [0.5, 0.6) is 0 Å². The van der Waals surface area contributed by atoms with E-state index in [1.165, 1.54) is 12.1 Å². The van der Waals surface area contributed by atoms with Crippen LogP contribution in [0.1, 0.15) is 30.1 Å².